The van der Waals surface area contributed by atoms with Gasteiger partial charge in [0.25, 0.3) is 0 Å². The standard InChI is InChI=1S/C14H21NO2S/c1-10(15-18(17)14(3,4)5)12-7-6-8-13(9-12)11(2)16/h6-10,15H,1-5H3/t10-,18+/m1/s1. The number of hydrogen-bond donors (Lipinski definition) is 1. The zero-order valence-electron chi connectivity index (χ0n) is 11.6. The molecule has 100 valence electrons. The minimum atomic E-state index is -1.12. The van der Waals surface area contributed by atoms with Gasteiger partial charge in [-0.2, -0.15) is 0 Å². The van der Waals surface area contributed by atoms with Crippen LogP contribution in [-0.2, 0) is 11.0 Å². The van der Waals surface area contributed by atoms with Gasteiger partial charge in [0.05, 0.1) is 15.7 Å². The Balaban J connectivity index is 2.85. The first-order chi connectivity index (χ1) is 8.21. The van der Waals surface area contributed by atoms with Gasteiger partial charge in [0.15, 0.2) is 5.78 Å². The van der Waals surface area contributed by atoms with Gasteiger partial charge in [0.1, 0.15) is 0 Å². The molecule has 0 radical (unpaired) electrons. The number of carbonyl (C=O) groups is 1. The summed E-state index contributed by atoms with van der Waals surface area (Å²) in [7, 11) is -1.12. The lowest BCUT2D eigenvalue weighted by atomic mass is 10.0. The molecule has 0 fully saturated rings. The molecule has 0 heterocycles. The van der Waals surface area contributed by atoms with Crippen molar-refractivity contribution in [3.05, 3.63) is 35.4 Å². The highest BCUT2D eigenvalue weighted by Crippen LogP contribution is 2.18. The second-order valence-electron chi connectivity index (χ2n) is 5.40. The third-order valence-corrected chi connectivity index (χ3v) is 4.31. The molecule has 1 rings (SSSR count). The van der Waals surface area contributed by atoms with Crippen LogP contribution in [0.5, 0.6) is 0 Å². The van der Waals surface area contributed by atoms with Gasteiger partial charge in [-0.25, -0.2) is 8.93 Å². The number of ketones is 1. The maximum Gasteiger partial charge on any atom is 0.159 e. The summed E-state index contributed by atoms with van der Waals surface area (Å²) >= 11 is 0. The summed E-state index contributed by atoms with van der Waals surface area (Å²) in [6.07, 6.45) is 0. The van der Waals surface area contributed by atoms with Gasteiger partial charge < -0.3 is 0 Å². The minimum absolute atomic E-state index is 0.0426. The first-order valence-electron chi connectivity index (χ1n) is 6.01. The van der Waals surface area contributed by atoms with E-state index in [0.717, 1.165) is 5.56 Å². The lowest BCUT2D eigenvalue weighted by Crippen LogP contribution is -2.34. The van der Waals surface area contributed by atoms with E-state index in [4.69, 9.17) is 0 Å². The van der Waals surface area contributed by atoms with Crippen LogP contribution >= 0.6 is 0 Å². The zero-order valence-corrected chi connectivity index (χ0v) is 12.4. The Morgan fingerprint density at radius 1 is 1.33 bits per heavy atom. The number of benzene rings is 1. The fourth-order valence-electron chi connectivity index (χ4n) is 1.43. The quantitative estimate of drug-likeness (QED) is 0.852. The summed E-state index contributed by atoms with van der Waals surface area (Å²) in [5.41, 5.74) is 1.66. The van der Waals surface area contributed by atoms with Crippen molar-refractivity contribution < 1.29 is 9.00 Å². The van der Waals surface area contributed by atoms with Crippen molar-refractivity contribution >= 4 is 16.8 Å². The average molecular weight is 267 g/mol. The zero-order chi connectivity index (χ0) is 13.9. The lowest BCUT2D eigenvalue weighted by Gasteiger charge is -2.22. The van der Waals surface area contributed by atoms with E-state index in [-0.39, 0.29) is 16.6 Å². The van der Waals surface area contributed by atoms with Crippen molar-refractivity contribution in [1.29, 1.82) is 0 Å². The molecule has 0 saturated heterocycles. The van der Waals surface area contributed by atoms with Crippen LogP contribution in [0.4, 0.5) is 0 Å². The number of nitrogens with one attached hydrogen (secondary N) is 1. The molecule has 3 nitrogen and oxygen atoms in total. The van der Waals surface area contributed by atoms with E-state index < -0.39 is 11.0 Å². The minimum Gasteiger partial charge on any atom is -0.295 e. The number of rotatable bonds is 4. The molecular formula is C14H21NO2S. The third kappa shape index (κ3) is 4.03. The Morgan fingerprint density at radius 2 is 1.94 bits per heavy atom. The molecule has 18 heavy (non-hydrogen) atoms. The van der Waals surface area contributed by atoms with Crippen molar-refractivity contribution in [2.45, 2.75) is 45.4 Å². The van der Waals surface area contributed by atoms with E-state index in [1.54, 1.807) is 13.0 Å². The summed E-state index contributed by atoms with van der Waals surface area (Å²) in [5.74, 6) is 0.0426. The normalized spacial score (nSPS) is 15.2. The Morgan fingerprint density at radius 3 is 2.44 bits per heavy atom. The third-order valence-electron chi connectivity index (χ3n) is 2.63. The molecule has 0 bridgehead atoms. The SMILES string of the molecule is CC(=O)c1cccc([C@@H](C)N[S@@](=O)C(C)(C)C)c1. The van der Waals surface area contributed by atoms with E-state index >= 15 is 0 Å². The second-order valence-corrected chi connectivity index (χ2v) is 7.40. The van der Waals surface area contributed by atoms with Gasteiger partial charge in [-0.05, 0) is 46.2 Å². The molecule has 0 aliphatic carbocycles. The molecule has 2 atom stereocenters. The molecule has 0 saturated carbocycles. The monoisotopic (exact) mass is 267 g/mol. The van der Waals surface area contributed by atoms with Gasteiger partial charge in [-0.1, -0.05) is 18.2 Å². The fourth-order valence-corrected chi connectivity index (χ4v) is 2.24. The summed E-state index contributed by atoms with van der Waals surface area (Å²) < 4.78 is 14.8. The predicted octanol–water partition coefficient (Wildman–Crippen LogP) is 3.00. The molecule has 0 unspecified atom stereocenters. The van der Waals surface area contributed by atoms with Crippen LogP contribution in [0.3, 0.4) is 0 Å². The maximum absolute atomic E-state index is 12.0. The van der Waals surface area contributed by atoms with E-state index in [0.29, 0.717) is 5.56 Å². The van der Waals surface area contributed by atoms with E-state index in [1.807, 2.05) is 45.9 Å². The van der Waals surface area contributed by atoms with Gasteiger partial charge in [-0.3, -0.25) is 4.79 Å². The topological polar surface area (TPSA) is 46.2 Å². The van der Waals surface area contributed by atoms with Crippen molar-refractivity contribution in [3.8, 4) is 0 Å². The largest absolute Gasteiger partial charge is 0.295 e. The van der Waals surface area contributed by atoms with Gasteiger partial charge in [-0.15, -0.1) is 0 Å². The Kier molecular flexibility index (Phi) is 4.82. The Labute approximate surface area is 112 Å². The molecule has 4 heteroatoms. The highest BCUT2D eigenvalue weighted by atomic mass is 32.2. The molecule has 0 aliphatic heterocycles. The van der Waals surface area contributed by atoms with Crippen molar-refractivity contribution in [2.24, 2.45) is 0 Å². The van der Waals surface area contributed by atoms with Gasteiger partial charge in [0, 0.05) is 11.6 Å². The summed E-state index contributed by atoms with van der Waals surface area (Å²) in [6, 6.07) is 7.37. The second kappa shape index (κ2) is 5.76. The van der Waals surface area contributed by atoms with Crippen LogP contribution in [0.15, 0.2) is 24.3 Å². The number of carbonyl (C=O) groups excluding carboxylic acids is 1. The fraction of sp³-hybridized carbons (Fsp3) is 0.500. The Hall–Kier alpha value is -1.00. The van der Waals surface area contributed by atoms with Crippen LogP contribution < -0.4 is 4.72 Å². The molecule has 0 aromatic heterocycles. The Bertz CT molecular complexity index is 463. The number of hydrogen-bond acceptors (Lipinski definition) is 2. The molecular weight excluding hydrogens is 246 g/mol. The van der Waals surface area contributed by atoms with Crippen LogP contribution in [-0.4, -0.2) is 14.7 Å². The number of Topliss-reactive ketones (excluding diaryl/α,β-unsaturated/α-hetero) is 1. The smallest absolute Gasteiger partial charge is 0.159 e. The summed E-state index contributed by atoms with van der Waals surface area (Å²) in [5, 5.41) is 0. The summed E-state index contributed by atoms with van der Waals surface area (Å²) in [6.45, 7) is 9.27. The van der Waals surface area contributed by atoms with Gasteiger partial charge in [0.2, 0.25) is 0 Å². The summed E-state index contributed by atoms with van der Waals surface area (Å²) in [4.78, 5) is 11.3. The molecule has 0 amide bonds. The van der Waals surface area contributed by atoms with Crippen LogP contribution in [0.1, 0.15) is 56.6 Å². The van der Waals surface area contributed by atoms with Crippen LogP contribution in [0, 0.1) is 0 Å². The van der Waals surface area contributed by atoms with Crippen LogP contribution in [0.25, 0.3) is 0 Å². The molecule has 0 spiro atoms. The maximum atomic E-state index is 12.0. The molecule has 1 aromatic carbocycles. The van der Waals surface area contributed by atoms with Crippen molar-refractivity contribution in [3.63, 3.8) is 0 Å². The van der Waals surface area contributed by atoms with Crippen molar-refractivity contribution in [1.82, 2.24) is 4.72 Å². The average Bonchev–Trinajstić information content (AvgIpc) is 2.27. The van der Waals surface area contributed by atoms with E-state index in [2.05, 4.69) is 4.72 Å². The van der Waals surface area contributed by atoms with Crippen molar-refractivity contribution in [2.75, 3.05) is 0 Å². The molecule has 1 N–H and O–H groups in total. The molecule has 0 aliphatic rings. The molecule has 1 aromatic rings. The predicted molar refractivity (Wildman–Crippen MR) is 75.9 cm³/mol. The first kappa shape index (κ1) is 15.1. The van der Waals surface area contributed by atoms with Crippen LogP contribution in [0.2, 0.25) is 0 Å². The highest BCUT2D eigenvalue weighted by molar-refractivity contribution is 7.84. The van der Waals surface area contributed by atoms with Gasteiger partial charge >= 0.3 is 0 Å². The van der Waals surface area contributed by atoms with E-state index in [9.17, 15) is 9.00 Å². The highest BCUT2D eigenvalue weighted by Gasteiger charge is 2.21. The van der Waals surface area contributed by atoms with E-state index in [1.165, 1.54) is 0 Å². The first-order valence-corrected chi connectivity index (χ1v) is 7.15. The lowest BCUT2D eigenvalue weighted by molar-refractivity contribution is 0.101.